The summed E-state index contributed by atoms with van der Waals surface area (Å²) in [6, 6.07) is 37.9. The van der Waals surface area contributed by atoms with Crippen molar-refractivity contribution in [3.63, 3.8) is 0 Å². The number of hydrogen-bond acceptors (Lipinski definition) is 3. The highest BCUT2D eigenvalue weighted by Gasteiger charge is 2.37. The van der Waals surface area contributed by atoms with Gasteiger partial charge in [0.15, 0.2) is 0 Å². The van der Waals surface area contributed by atoms with Crippen molar-refractivity contribution in [2.45, 2.75) is 25.0 Å². The molecule has 40 heavy (non-hydrogen) atoms. The third-order valence-corrected chi connectivity index (χ3v) is 8.40. The van der Waals surface area contributed by atoms with Gasteiger partial charge in [-0.2, -0.15) is 0 Å². The Labute approximate surface area is 239 Å². The summed E-state index contributed by atoms with van der Waals surface area (Å²) in [6.07, 6.45) is 7.65. The van der Waals surface area contributed by atoms with Crippen LogP contribution in [0.5, 0.6) is 5.75 Å². The van der Waals surface area contributed by atoms with Crippen LogP contribution in [0.1, 0.15) is 40.6 Å². The standard InChI is InChI=1S/C36H29ClN2O/c37-33-21-24(15-20-35(33)40-23-27-9-5-8-25-7-1-2-10-29(25)27)22-38-28-18-16-26(17-19-28)36-32-13-6-12-30(32)31-11-3-4-14-34(31)39-36/h1-12,14-22,30,32,36,39H,13,23H2/t30-,32+,36+/m1/s1. The van der Waals surface area contributed by atoms with E-state index in [0.717, 1.165) is 23.2 Å². The first-order valence-corrected chi connectivity index (χ1v) is 14.2. The maximum absolute atomic E-state index is 6.58. The quantitative estimate of drug-likeness (QED) is 0.172. The molecular weight excluding hydrogens is 512 g/mol. The van der Waals surface area contributed by atoms with Crippen molar-refractivity contribution in [2.75, 3.05) is 5.32 Å². The minimum Gasteiger partial charge on any atom is -0.487 e. The molecule has 0 amide bonds. The van der Waals surface area contributed by atoms with Gasteiger partial charge >= 0.3 is 0 Å². The van der Waals surface area contributed by atoms with E-state index in [0.29, 0.717) is 29.2 Å². The van der Waals surface area contributed by atoms with E-state index in [9.17, 15) is 0 Å². The zero-order chi connectivity index (χ0) is 26.9. The Balaban J connectivity index is 1.03. The van der Waals surface area contributed by atoms with Crippen LogP contribution >= 0.6 is 11.6 Å². The first-order valence-electron chi connectivity index (χ1n) is 13.8. The van der Waals surface area contributed by atoms with Crippen LogP contribution in [0.4, 0.5) is 11.4 Å². The number of benzene rings is 5. The summed E-state index contributed by atoms with van der Waals surface area (Å²) in [5.41, 5.74) is 6.91. The van der Waals surface area contributed by atoms with Crippen LogP contribution in [-0.4, -0.2) is 6.21 Å². The molecule has 3 atom stereocenters. The summed E-state index contributed by atoms with van der Waals surface area (Å²) in [4.78, 5) is 4.71. The number of aliphatic imine (C=N–C) groups is 1. The molecule has 0 spiro atoms. The fraction of sp³-hybridized carbons (Fsp3) is 0.139. The third kappa shape index (κ3) is 4.78. The molecule has 5 aromatic rings. The van der Waals surface area contributed by atoms with Crippen molar-refractivity contribution in [2.24, 2.45) is 10.9 Å². The molecule has 1 aliphatic carbocycles. The Bertz CT molecular complexity index is 1740. The van der Waals surface area contributed by atoms with E-state index in [1.165, 1.54) is 27.6 Å². The van der Waals surface area contributed by atoms with Crippen LogP contribution in [0.25, 0.3) is 10.8 Å². The van der Waals surface area contributed by atoms with E-state index in [-0.39, 0.29) is 6.04 Å². The zero-order valence-corrected chi connectivity index (χ0v) is 22.8. The van der Waals surface area contributed by atoms with Gasteiger partial charge in [-0.1, -0.05) is 96.5 Å². The van der Waals surface area contributed by atoms with Crippen LogP contribution in [0, 0.1) is 5.92 Å². The topological polar surface area (TPSA) is 33.6 Å². The number of halogens is 1. The van der Waals surface area contributed by atoms with E-state index >= 15 is 0 Å². The zero-order valence-electron chi connectivity index (χ0n) is 22.0. The maximum Gasteiger partial charge on any atom is 0.138 e. The number of hydrogen-bond donors (Lipinski definition) is 1. The van der Waals surface area contributed by atoms with Gasteiger partial charge in [0.05, 0.1) is 16.8 Å². The lowest BCUT2D eigenvalue weighted by molar-refractivity contribution is 0.308. The number of fused-ring (bicyclic) bond motifs is 4. The summed E-state index contributed by atoms with van der Waals surface area (Å²) < 4.78 is 6.08. The van der Waals surface area contributed by atoms with Crippen molar-refractivity contribution in [3.8, 4) is 5.75 Å². The molecule has 4 heteroatoms. The number of ether oxygens (including phenoxy) is 1. The van der Waals surface area contributed by atoms with E-state index in [1.807, 2.05) is 30.5 Å². The lowest BCUT2D eigenvalue weighted by Crippen LogP contribution is -2.28. The molecule has 3 nitrogen and oxygen atoms in total. The minimum atomic E-state index is 0.285. The number of nitrogens with zero attached hydrogens (tertiary/aromatic N) is 1. The highest BCUT2D eigenvalue weighted by atomic mass is 35.5. The number of rotatable bonds is 6. The molecular formula is C36H29ClN2O. The van der Waals surface area contributed by atoms with Crippen molar-refractivity contribution in [1.29, 1.82) is 0 Å². The molecule has 7 rings (SSSR count). The van der Waals surface area contributed by atoms with Crippen molar-refractivity contribution >= 4 is 40.0 Å². The number of allylic oxidation sites excluding steroid dienone is 2. The van der Waals surface area contributed by atoms with Gasteiger partial charge in [-0.25, -0.2) is 0 Å². The SMILES string of the molecule is Clc1cc(C=Nc2ccc([C@@H]3Nc4ccccc4[C@H]4C=CC[C@@H]43)cc2)ccc1OCc1cccc2ccccc12. The summed E-state index contributed by atoms with van der Waals surface area (Å²) in [5, 5.41) is 6.77. The Hall–Kier alpha value is -4.34. The van der Waals surface area contributed by atoms with Gasteiger partial charge in [-0.3, -0.25) is 4.99 Å². The number of anilines is 1. The fourth-order valence-corrected chi connectivity index (χ4v) is 6.32. The Morgan fingerprint density at radius 3 is 2.60 bits per heavy atom. The van der Waals surface area contributed by atoms with Crippen LogP contribution in [0.3, 0.4) is 0 Å². The predicted octanol–water partition coefficient (Wildman–Crippen LogP) is 9.65. The van der Waals surface area contributed by atoms with E-state index in [4.69, 9.17) is 21.3 Å². The van der Waals surface area contributed by atoms with Crippen molar-refractivity contribution < 1.29 is 4.74 Å². The molecule has 1 aliphatic heterocycles. The molecule has 0 saturated carbocycles. The molecule has 0 unspecified atom stereocenters. The molecule has 0 saturated heterocycles. The van der Waals surface area contributed by atoms with Crippen molar-refractivity contribution in [3.05, 3.63) is 149 Å². The van der Waals surface area contributed by atoms with Gasteiger partial charge in [0.25, 0.3) is 0 Å². The Morgan fingerprint density at radius 1 is 0.875 bits per heavy atom. The second-order valence-electron chi connectivity index (χ2n) is 10.5. The molecule has 5 aromatic carbocycles. The molecule has 0 aromatic heterocycles. The monoisotopic (exact) mass is 540 g/mol. The van der Waals surface area contributed by atoms with Gasteiger partial charge in [0.2, 0.25) is 0 Å². The second-order valence-corrected chi connectivity index (χ2v) is 10.9. The second kappa shape index (κ2) is 10.7. The average molecular weight is 541 g/mol. The summed E-state index contributed by atoms with van der Waals surface area (Å²) in [7, 11) is 0. The van der Waals surface area contributed by atoms with Gasteiger partial charge in [0.1, 0.15) is 12.4 Å². The lowest BCUT2D eigenvalue weighted by Gasteiger charge is -2.37. The summed E-state index contributed by atoms with van der Waals surface area (Å²) in [5.74, 6) is 1.67. The van der Waals surface area contributed by atoms with Gasteiger partial charge in [0, 0.05) is 17.8 Å². The van der Waals surface area contributed by atoms with E-state index in [1.54, 1.807) is 0 Å². The molecule has 196 valence electrons. The molecule has 1 heterocycles. The van der Waals surface area contributed by atoms with Crippen LogP contribution < -0.4 is 10.1 Å². The van der Waals surface area contributed by atoms with Crippen molar-refractivity contribution in [1.82, 2.24) is 0 Å². The highest BCUT2D eigenvalue weighted by Crippen LogP contribution is 2.49. The molecule has 0 fully saturated rings. The van der Waals surface area contributed by atoms with Crippen LogP contribution in [0.15, 0.2) is 126 Å². The maximum atomic E-state index is 6.58. The van der Waals surface area contributed by atoms with Crippen LogP contribution in [-0.2, 0) is 6.61 Å². The molecule has 0 bridgehead atoms. The first-order chi connectivity index (χ1) is 19.7. The number of para-hydroxylation sites is 1. The Morgan fingerprint density at radius 2 is 1.70 bits per heavy atom. The van der Waals surface area contributed by atoms with Crippen LogP contribution in [0.2, 0.25) is 5.02 Å². The van der Waals surface area contributed by atoms with Gasteiger partial charge in [-0.05, 0) is 81.8 Å². The minimum absolute atomic E-state index is 0.285. The normalized spacial score (nSPS) is 19.4. The summed E-state index contributed by atoms with van der Waals surface area (Å²) >= 11 is 6.58. The van der Waals surface area contributed by atoms with E-state index < -0.39 is 0 Å². The number of nitrogens with one attached hydrogen (secondary N) is 1. The predicted molar refractivity (Wildman–Crippen MR) is 166 cm³/mol. The van der Waals surface area contributed by atoms with Gasteiger partial charge < -0.3 is 10.1 Å². The average Bonchev–Trinajstić information content (AvgIpc) is 3.50. The highest BCUT2D eigenvalue weighted by molar-refractivity contribution is 6.32. The van der Waals surface area contributed by atoms with Gasteiger partial charge in [-0.15, -0.1) is 0 Å². The first kappa shape index (κ1) is 24.7. The molecule has 0 radical (unpaired) electrons. The lowest BCUT2D eigenvalue weighted by atomic mass is 9.77. The molecule has 1 N–H and O–H groups in total. The van der Waals surface area contributed by atoms with E-state index in [2.05, 4.69) is 102 Å². The fourth-order valence-electron chi connectivity index (χ4n) is 6.08. The molecule has 2 aliphatic rings. The Kier molecular flexibility index (Phi) is 6.59. The summed E-state index contributed by atoms with van der Waals surface area (Å²) in [6.45, 7) is 0.458. The largest absolute Gasteiger partial charge is 0.487 e. The third-order valence-electron chi connectivity index (χ3n) is 8.11. The smallest absolute Gasteiger partial charge is 0.138 e.